The van der Waals surface area contributed by atoms with Crippen molar-refractivity contribution in [2.75, 3.05) is 0 Å². The van der Waals surface area contributed by atoms with Crippen LogP contribution in [-0.2, 0) is 16.0 Å². The Bertz CT molecular complexity index is 622. The van der Waals surface area contributed by atoms with Crippen LogP contribution in [0.25, 0.3) is 0 Å². The molecule has 1 aromatic carbocycles. The molecule has 0 saturated carbocycles. The van der Waals surface area contributed by atoms with Crippen LogP contribution in [0.15, 0.2) is 47.5 Å². The highest BCUT2D eigenvalue weighted by molar-refractivity contribution is 5.95. The van der Waals surface area contributed by atoms with E-state index in [1.54, 1.807) is 6.21 Å². The van der Waals surface area contributed by atoms with Gasteiger partial charge in [0.15, 0.2) is 5.78 Å². The number of carboxylic acid groups (broad SMARTS) is 1. The van der Waals surface area contributed by atoms with Gasteiger partial charge in [-0.2, -0.15) is 0 Å². The van der Waals surface area contributed by atoms with Crippen LogP contribution in [0.1, 0.15) is 63.4 Å². The molecule has 1 unspecified atom stereocenters. The molecule has 26 heavy (non-hydrogen) atoms. The number of benzene rings is 1. The van der Waals surface area contributed by atoms with Crippen molar-refractivity contribution in [3.05, 3.63) is 48.0 Å². The Hall–Kier alpha value is -2.23. The van der Waals surface area contributed by atoms with Gasteiger partial charge in [0, 0.05) is 19.1 Å². The van der Waals surface area contributed by atoms with Crippen LogP contribution in [0.2, 0.25) is 0 Å². The first-order valence-electron chi connectivity index (χ1n) is 9.64. The van der Waals surface area contributed by atoms with Crippen molar-refractivity contribution in [3.8, 4) is 0 Å². The number of unbranched alkanes of at least 4 members (excludes halogenated alkanes) is 5. The van der Waals surface area contributed by atoms with E-state index in [9.17, 15) is 9.59 Å². The summed E-state index contributed by atoms with van der Waals surface area (Å²) < 4.78 is 0. The highest BCUT2D eigenvalue weighted by Gasteiger charge is 2.35. The predicted octanol–water partition coefficient (Wildman–Crippen LogP) is 4.77. The first-order valence-corrected chi connectivity index (χ1v) is 9.64. The van der Waals surface area contributed by atoms with Gasteiger partial charge < -0.3 is 5.11 Å². The zero-order valence-corrected chi connectivity index (χ0v) is 15.4. The van der Waals surface area contributed by atoms with Crippen molar-refractivity contribution < 1.29 is 14.7 Å². The lowest BCUT2D eigenvalue weighted by Gasteiger charge is -2.23. The molecule has 140 valence electrons. The van der Waals surface area contributed by atoms with Crippen LogP contribution in [0.4, 0.5) is 0 Å². The molecule has 0 amide bonds. The van der Waals surface area contributed by atoms with E-state index in [0.29, 0.717) is 6.42 Å². The maximum Gasteiger partial charge on any atom is 0.303 e. The van der Waals surface area contributed by atoms with Crippen molar-refractivity contribution in [3.63, 3.8) is 0 Å². The fourth-order valence-electron chi connectivity index (χ4n) is 3.34. The lowest BCUT2D eigenvalue weighted by Crippen LogP contribution is -2.33. The van der Waals surface area contributed by atoms with E-state index < -0.39 is 11.5 Å². The molecular formula is C22H29NO3. The number of aryl methyl sites for hydroxylation is 1. The van der Waals surface area contributed by atoms with E-state index >= 15 is 0 Å². The molecule has 0 aromatic heterocycles. The number of aliphatic imine (C=N–C) groups is 1. The Labute approximate surface area is 156 Å². The van der Waals surface area contributed by atoms with Crippen LogP contribution >= 0.6 is 0 Å². The van der Waals surface area contributed by atoms with E-state index in [2.05, 4.69) is 17.1 Å². The second-order valence-corrected chi connectivity index (χ2v) is 6.99. The van der Waals surface area contributed by atoms with Crippen LogP contribution in [0.3, 0.4) is 0 Å². The van der Waals surface area contributed by atoms with Gasteiger partial charge in [0.05, 0.1) is 0 Å². The summed E-state index contributed by atoms with van der Waals surface area (Å²) in [5, 5.41) is 8.61. The number of nitrogens with zero attached hydrogens (tertiary/aromatic N) is 1. The molecule has 1 heterocycles. The summed E-state index contributed by atoms with van der Waals surface area (Å²) in [5.41, 5.74) is 0.564. The highest BCUT2D eigenvalue weighted by Crippen LogP contribution is 2.27. The number of allylic oxidation sites excluding steroid dienone is 1. The molecule has 1 aromatic rings. The van der Waals surface area contributed by atoms with Gasteiger partial charge in [-0.15, -0.1) is 0 Å². The van der Waals surface area contributed by atoms with Crippen LogP contribution in [0.5, 0.6) is 0 Å². The number of carbonyl (C=O) groups is 2. The molecule has 0 spiro atoms. The van der Waals surface area contributed by atoms with E-state index in [0.717, 1.165) is 51.4 Å². The van der Waals surface area contributed by atoms with Gasteiger partial charge in [0.2, 0.25) is 0 Å². The number of Topliss-reactive ketones (excluding diaryl/α,β-unsaturated/α-hetero) is 1. The molecule has 1 aliphatic rings. The van der Waals surface area contributed by atoms with Crippen LogP contribution in [-0.4, -0.2) is 28.6 Å². The second kappa shape index (κ2) is 10.7. The summed E-state index contributed by atoms with van der Waals surface area (Å²) in [6.45, 7) is 0. The molecule has 0 fully saturated rings. The number of hydrogen-bond acceptors (Lipinski definition) is 3. The lowest BCUT2D eigenvalue weighted by atomic mass is 9.85. The third-order valence-electron chi connectivity index (χ3n) is 4.93. The minimum atomic E-state index is -0.721. The molecule has 4 nitrogen and oxygen atoms in total. The van der Waals surface area contributed by atoms with Gasteiger partial charge in [0.1, 0.15) is 5.54 Å². The minimum Gasteiger partial charge on any atom is -0.481 e. The Morgan fingerprint density at radius 2 is 1.58 bits per heavy atom. The minimum absolute atomic E-state index is 0.212. The number of ketones is 1. The Morgan fingerprint density at radius 3 is 2.19 bits per heavy atom. The van der Waals surface area contributed by atoms with Gasteiger partial charge in [-0.1, -0.05) is 56.0 Å². The number of aliphatic carboxylic acids is 1. The zero-order valence-electron chi connectivity index (χ0n) is 15.4. The van der Waals surface area contributed by atoms with Gasteiger partial charge in [-0.05, 0) is 43.4 Å². The number of carbonyl (C=O) groups excluding carboxylic acids is 1. The van der Waals surface area contributed by atoms with Gasteiger partial charge in [0.25, 0.3) is 0 Å². The molecular weight excluding hydrogens is 326 g/mol. The monoisotopic (exact) mass is 355 g/mol. The molecule has 1 N–H and O–H groups in total. The second-order valence-electron chi connectivity index (χ2n) is 6.99. The third-order valence-corrected chi connectivity index (χ3v) is 4.93. The van der Waals surface area contributed by atoms with Gasteiger partial charge >= 0.3 is 5.97 Å². The standard InChI is InChI=1S/C22H29NO3/c24-20(13-8-3-1-2-4-9-14-21(25)26)22(16-10-18-23-22)17-15-19-11-6-5-7-12-19/h5-7,10-12,16,18H,1-4,8-9,13-15,17H2,(H,25,26). The van der Waals surface area contributed by atoms with Crippen LogP contribution in [0, 0.1) is 0 Å². The maximum atomic E-state index is 12.8. The zero-order chi connectivity index (χ0) is 18.7. The summed E-state index contributed by atoms with van der Waals surface area (Å²) in [5.74, 6) is -0.508. The smallest absolute Gasteiger partial charge is 0.303 e. The van der Waals surface area contributed by atoms with Gasteiger partial charge in [-0.25, -0.2) is 0 Å². The average molecular weight is 355 g/mol. The van der Waals surface area contributed by atoms with E-state index in [-0.39, 0.29) is 12.2 Å². The quantitative estimate of drug-likeness (QED) is 0.518. The highest BCUT2D eigenvalue weighted by atomic mass is 16.4. The Morgan fingerprint density at radius 1 is 0.923 bits per heavy atom. The largest absolute Gasteiger partial charge is 0.481 e. The van der Waals surface area contributed by atoms with Crippen molar-refractivity contribution >= 4 is 18.0 Å². The summed E-state index contributed by atoms with van der Waals surface area (Å²) in [6.07, 6.45) is 13.6. The summed E-state index contributed by atoms with van der Waals surface area (Å²) in [4.78, 5) is 27.7. The van der Waals surface area contributed by atoms with E-state index in [1.807, 2.05) is 30.4 Å². The summed E-state index contributed by atoms with van der Waals surface area (Å²) in [7, 11) is 0. The maximum absolute atomic E-state index is 12.8. The van der Waals surface area contributed by atoms with Crippen molar-refractivity contribution in [2.45, 2.75) is 69.7 Å². The summed E-state index contributed by atoms with van der Waals surface area (Å²) >= 11 is 0. The number of carboxylic acids is 1. The molecule has 4 heteroatoms. The number of hydrogen-bond donors (Lipinski definition) is 1. The molecule has 0 radical (unpaired) electrons. The average Bonchev–Trinajstić information content (AvgIpc) is 3.13. The SMILES string of the molecule is O=C(O)CCCCCCCCC(=O)C1(CCc2ccccc2)C=CC=N1. The fraction of sp³-hybridized carbons (Fsp3) is 0.500. The van der Waals surface area contributed by atoms with E-state index in [1.165, 1.54) is 5.56 Å². The molecule has 2 rings (SSSR count). The van der Waals surface area contributed by atoms with Crippen molar-refractivity contribution in [1.29, 1.82) is 0 Å². The van der Waals surface area contributed by atoms with Crippen molar-refractivity contribution in [2.24, 2.45) is 4.99 Å². The predicted molar refractivity (Wildman–Crippen MR) is 105 cm³/mol. The fourth-order valence-corrected chi connectivity index (χ4v) is 3.34. The van der Waals surface area contributed by atoms with Crippen LogP contribution < -0.4 is 0 Å². The topological polar surface area (TPSA) is 66.7 Å². The lowest BCUT2D eigenvalue weighted by molar-refractivity contribution is -0.137. The molecule has 0 saturated heterocycles. The van der Waals surface area contributed by atoms with Crippen molar-refractivity contribution in [1.82, 2.24) is 0 Å². The Balaban J connectivity index is 1.69. The normalized spacial score (nSPS) is 18.3. The molecule has 0 aliphatic carbocycles. The summed E-state index contributed by atoms with van der Waals surface area (Å²) in [6, 6.07) is 10.2. The number of rotatable bonds is 13. The Kier molecular flexibility index (Phi) is 8.26. The van der Waals surface area contributed by atoms with E-state index in [4.69, 9.17) is 5.11 Å². The molecule has 1 aliphatic heterocycles. The first kappa shape index (κ1) is 20.1. The molecule has 1 atom stereocenters. The third kappa shape index (κ3) is 6.58. The first-order chi connectivity index (χ1) is 12.6. The van der Waals surface area contributed by atoms with Gasteiger partial charge in [-0.3, -0.25) is 14.6 Å². The molecule has 0 bridgehead atoms.